The van der Waals surface area contributed by atoms with E-state index in [1.807, 2.05) is 13.0 Å². The third-order valence-corrected chi connectivity index (χ3v) is 1.86. The van der Waals surface area contributed by atoms with Gasteiger partial charge in [-0.1, -0.05) is 6.08 Å². The topological polar surface area (TPSA) is 64.3 Å². The van der Waals surface area contributed by atoms with Gasteiger partial charge in [-0.25, -0.2) is 0 Å². The fourth-order valence-electron chi connectivity index (χ4n) is 1.04. The minimum Gasteiger partial charge on any atom is -0.405 e. The summed E-state index contributed by atoms with van der Waals surface area (Å²) < 4.78 is 5.14. The van der Waals surface area contributed by atoms with Crippen molar-refractivity contribution < 1.29 is 9.53 Å². The molecule has 0 atom stereocenters. The van der Waals surface area contributed by atoms with Crippen molar-refractivity contribution in [3.05, 3.63) is 35.7 Å². The van der Waals surface area contributed by atoms with Crippen LogP contribution in [0.4, 0.5) is 0 Å². The predicted molar refractivity (Wildman–Crippen MR) is 54.1 cm³/mol. The van der Waals surface area contributed by atoms with Crippen molar-refractivity contribution in [3.8, 4) is 0 Å². The quantitative estimate of drug-likeness (QED) is 0.627. The first-order valence-corrected chi connectivity index (χ1v) is 4.35. The fraction of sp³-hybridized carbons (Fsp3) is 0.300. The van der Waals surface area contributed by atoms with Crippen LogP contribution in [0.1, 0.15) is 6.92 Å². The lowest BCUT2D eigenvalue weighted by atomic mass is 10.1. The lowest BCUT2D eigenvalue weighted by Gasteiger charge is -2.03. The van der Waals surface area contributed by atoms with Crippen LogP contribution in [0, 0.1) is 0 Å². The molecule has 76 valence electrons. The number of amides is 1. The Hall–Kier alpha value is -1.55. The minimum atomic E-state index is -0.123. The molecule has 1 aliphatic heterocycles. The molecule has 0 saturated heterocycles. The lowest BCUT2D eigenvalue weighted by molar-refractivity contribution is -0.123. The summed E-state index contributed by atoms with van der Waals surface area (Å²) in [6.07, 6.45) is 6.74. The summed E-state index contributed by atoms with van der Waals surface area (Å²) in [4.78, 5) is 10.9. The molecule has 0 aromatic carbocycles. The maximum Gasteiger partial charge on any atom is 0.249 e. The van der Waals surface area contributed by atoms with Crippen LogP contribution in [0.15, 0.2) is 35.7 Å². The van der Waals surface area contributed by atoms with Gasteiger partial charge in [-0.05, 0) is 30.3 Å². The molecule has 1 rings (SSSR count). The normalized spacial score (nSPS) is 19.1. The average molecular weight is 194 g/mol. The highest BCUT2D eigenvalue weighted by Crippen LogP contribution is 2.10. The molecule has 0 bridgehead atoms. The molecule has 0 aliphatic carbocycles. The molecule has 0 unspecified atom stereocenters. The predicted octanol–water partition coefficient (Wildman–Crippen LogP) is 0.435. The van der Waals surface area contributed by atoms with Crippen LogP contribution < -0.4 is 11.1 Å². The van der Waals surface area contributed by atoms with Gasteiger partial charge in [0.2, 0.25) is 5.91 Å². The van der Waals surface area contributed by atoms with Crippen molar-refractivity contribution >= 4 is 5.91 Å². The number of rotatable bonds is 2. The molecule has 4 heteroatoms. The van der Waals surface area contributed by atoms with E-state index in [1.165, 1.54) is 6.20 Å². The lowest BCUT2D eigenvalue weighted by Crippen LogP contribution is -2.20. The van der Waals surface area contributed by atoms with Gasteiger partial charge in [0.25, 0.3) is 0 Å². The first-order valence-electron chi connectivity index (χ1n) is 4.35. The molecule has 4 nitrogen and oxygen atoms in total. The number of carbonyl (C=O) groups is 1. The van der Waals surface area contributed by atoms with E-state index < -0.39 is 0 Å². The zero-order chi connectivity index (χ0) is 10.4. The standard InChI is InChI=1S/C10H14N2O2/c1-8(3-2-4-11)9-5-12-10(13)7-14-6-9/h2-5H,6-7,11H2,1H3,(H,12,13)/b4-2+,8-3-. The summed E-state index contributed by atoms with van der Waals surface area (Å²) >= 11 is 0. The smallest absolute Gasteiger partial charge is 0.249 e. The van der Waals surface area contributed by atoms with Crippen molar-refractivity contribution in [2.24, 2.45) is 5.73 Å². The minimum absolute atomic E-state index is 0.111. The van der Waals surface area contributed by atoms with Gasteiger partial charge in [0, 0.05) is 6.20 Å². The Labute approximate surface area is 83.1 Å². The molecular weight excluding hydrogens is 180 g/mol. The summed E-state index contributed by atoms with van der Waals surface area (Å²) in [6.45, 7) is 2.49. The number of nitrogens with one attached hydrogen (secondary N) is 1. The van der Waals surface area contributed by atoms with Crippen molar-refractivity contribution in [1.82, 2.24) is 5.32 Å². The number of hydrogen-bond donors (Lipinski definition) is 2. The Morgan fingerprint density at radius 1 is 1.64 bits per heavy atom. The van der Waals surface area contributed by atoms with Crippen LogP contribution in [-0.2, 0) is 9.53 Å². The number of hydrogen-bond acceptors (Lipinski definition) is 3. The summed E-state index contributed by atoms with van der Waals surface area (Å²) in [5.41, 5.74) is 7.19. The molecule has 0 aromatic heterocycles. The van der Waals surface area contributed by atoms with Crippen LogP contribution in [-0.4, -0.2) is 19.1 Å². The zero-order valence-corrected chi connectivity index (χ0v) is 8.12. The van der Waals surface area contributed by atoms with Gasteiger partial charge in [0.1, 0.15) is 6.61 Å². The molecule has 1 heterocycles. The third-order valence-electron chi connectivity index (χ3n) is 1.86. The van der Waals surface area contributed by atoms with Crippen molar-refractivity contribution in [2.75, 3.05) is 13.2 Å². The van der Waals surface area contributed by atoms with Crippen LogP contribution in [0.5, 0.6) is 0 Å². The highest BCUT2D eigenvalue weighted by molar-refractivity contribution is 5.78. The summed E-state index contributed by atoms with van der Waals surface area (Å²) in [5, 5.41) is 2.63. The van der Waals surface area contributed by atoms with Crippen molar-refractivity contribution in [1.29, 1.82) is 0 Å². The van der Waals surface area contributed by atoms with E-state index in [0.717, 1.165) is 11.1 Å². The Kier molecular flexibility index (Phi) is 3.94. The molecule has 1 amide bonds. The second kappa shape index (κ2) is 5.24. The zero-order valence-electron chi connectivity index (χ0n) is 8.12. The molecule has 0 aromatic rings. The van der Waals surface area contributed by atoms with E-state index in [4.69, 9.17) is 10.5 Å². The van der Waals surface area contributed by atoms with Gasteiger partial charge >= 0.3 is 0 Å². The van der Waals surface area contributed by atoms with E-state index in [9.17, 15) is 4.79 Å². The van der Waals surface area contributed by atoms with Crippen molar-refractivity contribution in [2.45, 2.75) is 6.92 Å². The number of nitrogens with two attached hydrogens (primary N) is 1. The van der Waals surface area contributed by atoms with Gasteiger partial charge in [0.15, 0.2) is 0 Å². The monoisotopic (exact) mass is 194 g/mol. The van der Waals surface area contributed by atoms with E-state index in [0.29, 0.717) is 6.61 Å². The number of carbonyl (C=O) groups excluding carboxylic acids is 1. The molecule has 1 aliphatic rings. The molecule has 3 N–H and O–H groups in total. The SMILES string of the molecule is C/C(=C/C=C/N)C1=CNC(=O)COC1. The molecular formula is C10H14N2O2. The maximum absolute atomic E-state index is 10.9. The Bertz CT molecular complexity index is 303. The van der Waals surface area contributed by atoms with Crippen LogP contribution >= 0.6 is 0 Å². The number of ether oxygens (including phenoxy) is 1. The average Bonchev–Trinajstić information content (AvgIpc) is 2.39. The molecule has 14 heavy (non-hydrogen) atoms. The van der Waals surface area contributed by atoms with E-state index in [1.54, 1.807) is 12.3 Å². The van der Waals surface area contributed by atoms with Crippen LogP contribution in [0.25, 0.3) is 0 Å². The summed E-state index contributed by atoms with van der Waals surface area (Å²) in [6, 6.07) is 0. The Morgan fingerprint density at radius 3 is 3.14 bits per heavy atom. The second-order valence-corrected chi connectivity index (χ2v) is 2.96. The number of allylic oxidation sites excluding steroid dienone is 2. The van der Waals surface area contributed by atoms with Crippen LogP contribution in [0.3, 0.4) is 0 Å². The van der Waals surface area contributed by atoms with Gasteiger partial charge < -0.3 is 15.8 Å². The third kappa shape index (κ3) is 3.06. The molecule has 0 spiro atoms. The first-order chi connectivity index (χ1) is 6.74. The molecule has 0 saturated carbocycles. The molecule has 0 fully saturated rings. The summed E-state index contributed by atoms with van der Waals surface area (Å²) in [7, 11) is 0. The first kappa shape index (κ1) is 10.5. The summed E-state index contributed by atoms with van der Waals surface area (Å²) in [5.74, 6) is -0.123. The highest BCUT2D eigenvalue weighted by atomic mass is 16.5. The van der Waals surface area contributed by atoms with Gasteiger partial charge in [-0.15, -0.1) is 0 Å². The Balaban J connectivity index is 2.71. The Morgan fingerprint density at radius 2 is 2.43 bits per heavy atom. The van der Waals surface area contributed by atoms with Gasteiger partial charge in [0.05, 0.1) is 6.61 Å². The van der Waals surface area contributed by atoms with Gasteiger partial charge in [-0.2, -0.15) is 0 Å². The maximum atomic E-state index is 10.9. The highest BCUT2D eigenvalue weighted by Gasteiger charge is 2.08. The second-order valence-electron chi connectivity index (χ2n) is 2.96. The van der Waals surface area contributed by atoms with E-state index in [2.05, 4.69) is 5.32 Å². The van der Waals surface area contributed by atoms with E-state index in [-0.39, 0.29) is 12.5 Å². The van der Waals surface area contributed by atoms with Crippen LogP contribution in [0.2, 0.25) is 0 Å². The van der Waals surface area contributed by atoms with Crippen molar-refractivity contribution in [3.63, 3.8) is 0 Å². The fourth-order valence-corrected chi connectivity index (χ4v) is 1.04. The van der Waals surface area contributed by atoms with Gasteiger partial charge in [-0.3, -0.25) is 4.79 Å². The largest absolute Gasteiger partial charge is 0.405 e. The van der Waals surface area contributed by atoms with E-state index >= 15 is 0 Å². The molecule has 0 radical (unpaired) electrons.